The number of amides is 5. The van der Waals surface area contributed by atoms with Crippen LogP contribution in [0.1, 0.15) is 141 Å². The molecule has 6 atom stereocenters. The van der Waals surface area contributed by atoms with E-state index >= 15 is 0 Å². The van der Waals surface area contributed by atoms with Crippen LogP contribution in [0.15, 0.2) is 161 Å². The molecule has 41 heteroatoms. The van der Waals surface area contributed by atoms with E-state index in [4.69, 9.17) is 41.0 Å². The Kier molecular flexibility index (Phi) is 31.5. The third-order valence-electron chi connectivity index (χ3n) is 19.1. The summed E-state index contributed by atoms with van der Waals surface area (Å²) < 4.78 is 76.4. The summed E-state index contributed by atoms with van der Waals surface area (Å²) in [5.74, 6) is -1.72. The van der Waals surface area contributed by atoms with Crippen molar-refractivity contribution in [3.05, 3.63) is 217 Å². The summed E-state index contributed by atoms with van der Waals surface area (Å²) >= 11 is 6.15. The van der Waals surface area contributed by atoms with Crippen molar-refractivity contribution in [1.29, 1.82) is 0 Å². The third-order valence-corrected chi connectivity index (χ3v) is 19.3. The number of rotatable bonds is 19. The van der Waals surface area contributed by atoms with E-state index in [-0.39, 0.29) is 157 Å². The molecule has 37 nitrogen and oxygen atoms in total. The summed E-state index contributed by atoms with van der Waals surface area (Å²) in [7, 11) is 9.57. The Morgan fingerprint density at radius 1 is 0.484 bits per heavy atom. The van der Waals surface area contributed by atoms with Gasteiger partial charge in [0.2, 0.25) is 0 Å². The first kappa shape index (κ1) is 95.7. The van der Waals surface area contributed by atoms with Crippen molar-refractivity contribution in [2.45, 2.75) is 157 Å². The second kappa shape index (κ2) is 40.8. The largest absolute Gasteiger partial charge is 0.443 e. The Balaban J connectivity index is 0.000000212. The Bertz CT molecular complexity index is 6020. The molecule has 3 aliphatic rings. The van der Waals surface area contributed by atoms with Crippen LogP contribution in [-0.2, 0) is 23.7 Å². The average Bonchev–Trinajstić information content (AvgIpc) is 1.50. The Labute approximate surface area is 716 Å². The van der Waals surface area contributed by atoms with Crippen molar-refractivity contribution < 1.29 is 60.8 Å². The zero-order valence-electron chi connectivity index (χ0n) is 67.1. The van der Waals surface area contributed by atoms with E-state index in [1.807, 2.05) is 0 Å². The highest BCUT2D eigenvalue weighted by Gasteiger charge is 2.37. The van der Waals surface area contributed by atoms with Crippen LogP contribution in [0.4, 0.5) is 68.9 Å². The van der Waals surface area contributed by atoms with E-state index in [0.717, 1.165) is 52.2 Å². The van der Waals surface area contributed by atoms with Crippen molar-refractivity contribution in [3.63, 3.8) is 0 Å². The number of nitrogen functional groups attached to an aromatic ring is 1. The van der Waals surface area contributed by atoms with Crippen molar-refractivity contribution in [2.24, 2.45) is 0 Å². The molecule has 0 radical (unpaired) electrons. The number of halogens is 4. The summed E-state index contributed by atoms with van der Waals surface area (Å²) in [5.41, 5.74) is 4.06. The number of fused-ring (bicyclic) bond motifs is 3. The molecule has 0 unspecified atom stereocenters. The predicted octanol–water partition coefficient (Wildman–Crippen LogP) is 11.7. The van der Waals surface area contributed by atoms with Crippen molar-refractivity contribution in [3.8, 4) is 17.5 Å². The molecule has 3 fully saturated rings. The fraction of sp³-hybridized carbons (Fsp3) is 0.361. The lowest BCUT2D eigenvalue weighted by Crippen LogP contribution is -2.51. The lowest BCUT2D eigenvalue weighted by atomic mass is 9.89. The van der Waals surface area contributed by atoms with E-state index in [2.05, 4.69) is 77.1 Å². The Morgan fingerprint density at radius 3 is 1.19 bits per heavy atom. The standard InChI is InChI=1S/C28H31FN8O5.C23H23FN8O3.C18H24ClN5O4.C10H8FN3O.4CH4/c1-28(2,3)42-27(40)35(4)22-14-21(32-19-9-7-13-36(26(19)39)24-17(29)8-6-12-30-24)34-23-16(15-31-37(22)23)25(38)33-18-10-11-20(18)41-5;1-25-19-11-18(28-16-6-4-10-31(23(16)34)21-14(24)5-3-9-26-21)30-20-13(12-27-32(19)20)22(33)29-15-7-8-17(15)35-2;1-18(2,3)28-17(26)23(4)14-8-13(19)22-15-10(9-20-24(14)15)16(25)21-11-6-7-12(11)27-5;11-7-3-1-5-13-9(7)14-6-2-4-8(12)10(14)15;;;;/h6-9,12-15,18,20H,10-11H2,1-5H3,(H,32,34)(H,33,38);3-6,9-12,15,17,25H,7-8H2,1-2H3,(H,28,30)(H,29,33);8-9,11-12H,6-7H2,1-5H3,(H,21,25);1-6H,12H2;4*1H4/t18-,20-;15-,17-;11-,12-;;;;;/m111...../s1. The maximum atomic E-state index is 14.4. The number of hydrogen-bond donors (Lipinski definition) is 7. The number of methoxy groups -OCH3 is 3. The number of pyridine rings is 6. The molecule has 15 rings (SSSR count). The molecule has 0 aromatic carbocycles. The fourth-order valence-corrected chi connectivity index (χ4v) is 12.7. The van der Waals surface area contributed by atoms with Gasteiger partial charge in [-0.1, -0.05) is 41.3 Å². The van der Waals surface area contributed by atoms with Crippen molar-refractivity contribution >= 4 is 105 Å². The summed E-state index contributed by atoms with van der Waals surface area (Å²) in [5, 5.41) is 30.7. The van der Waals surface area contributed by atoms with Gasteiger partial charge in [0.25, 0.3) is 34.4 Å². The minimum Gasteiger partial charge on any atom is -0.443 e. The van der Waals surface area contributed by atoms with Crippen LogP contribution in [0, 0.1) is 17.5 Å². The van der Waals surface area contributed by atoms with Crippen LogP contribution >= 0.6 is 11.6 Å². The van der Waals surface area contributed by atoms with Gasteiger partial charge in [0, 0.05) is 97.9 Å². The zero-order chi connectivity index (χ0) is 86.2. The van der Waals surface area contributed by atoms with Crippen molar-refractivity contribution in [1.82, 2.24) is 88.4 Å². The smallest absolute Gasteiger partial charge is 0.415 e. The topological polar surface area (TPSA) is 431 Å². The van der Waals surface area contributed by atoms with Crippen LogP contribution in [0.3, 0.4) is 0 Å². The molecule has 12 aromatic heterocycles. The number of anilines is 8. The number of aromatic nitrogens is 15. The third kappa shape index (κ3) is 21.4. The molecule has 0 saturated heterocycles. The van der Waals surface area contributed by atoms with Crippen LogP contribution in [0.2, 0.25) is 5.15 Å². The van der Waals surface area contributed by atoms with Crippen LogP contribution in [0.5, 0.6) is 0 Å². The van der Waals surface area contributed by atoms with Gasteiger partial charge in [-0.05, 0) is 153 Å². The van der Waals surface area contributed by atoms with Gasteiger partial charge < -0.3 is 61.3 Å². The highest BCUT2D eigenvalue weighted by molar-refractivity contribution is 6.30. The van der Waals surface area contributed by atoms with Gasteiger partial charge in [0.05, 0.1) is 60.7 Å². The maximum Gasteiger partial charge on any atom is 0.415 e. The number of nitrogens with two attached hydrogens (primary N) is 1. The molecule has 5 amide bonds. The monoisotopic (exact) mass is 1730 g/mol. The van der Waals surface area contributed by atoms with Crippen molar-refractivity contribution in [2.75, 3.05) is 74.0 Å². The number of nitrogens with zero attached hydrogens (tertiary/aromatic N) is 17. The number of hydrogen-bond acceptors (Lipinski definition) is 26. The number of ether oxygens (including phenoxy) is 5. The molecule has 0 spiro atoms. The van der Waals surface area contributed by atoms with Gasteiger partial charge in [-0.25, -0.2) is 52.7 Å². The van der Waals surface area contributed by atoms with E-state index in [9.17, 15) is 51.5 Å². The molecule has 3 aliphatic carbocycles. The molecule has 12 aromatic rings. The molecular weight excluding hydrogens is 1630 g/mol. The second-order valence-corrected chi connectivity index (χ2v) is 29.9. The first-order valence-corrected chi connectivity index (χ1v) is 37.9. The molecule has 12 heterocycles. The SMILES string of the molecule is C.C.C.C.CNc1cc(Nc2cccn(-c3ncccc3F)c2=O)nc2c(C(=O)N[C@@H]3CC[C@H]3OC)cnn12.CO[C@@H]1CC[C@H]1NC(=O)c1cnn2c(N(C)C(=O)OC(C)(C)C)cc(Cl)nc12.CO[C@@H]1CC[C@H]1NC(=O)c1cnn2c(N(C)C(=O)OC(C)(C)C)cc(Nc3cccn(-c4ncccc4F)c3=O)nc12.Nc1cccn(-c2ncccc2F)c1=O. The minimum absolute atomic E-state index is 0. The lowest BCUT2D eigenvalue weighted by molar-refractivity contribution is 0.00731. The predicted molar refractivity (Wildman–Crippen MR) is 464 cm³/mol. The first-order chi connectivity index (χ1) is 57.3. The number of carbonyl (C=O) groups excluding carboxylic acids is 5. The lowest BCUT2D eigenvalue weighted by Gasteiger charge is -2.35. The molecule has 3 saturated carbocycles. The number of nitrogens with one attached hydrogen (secondary N) is 6. The van der Waals surface area contributed by atoms with E-state index in [1.54, 1.807) is 100 Å². The summed E-state index contributed by atoms with van der Waals surface area (Å²) in [6.07, 6.45) is 16.4. The number of carbonyl (C=O) groups is 5. The quantitative estimate of drug-likeness (QED) is 0.0370. The summed E-state index contributed by atoms with van der Waals surface area (Å²) in [4.78, 5) is 130. The Hall–Kier alpha value is -13.7. The van der Waals surface area contributed by atoms with E-state index in [1.165, 1.54) is 154 Å². The first-order valence-electron chi connectivity index (χ1n) is 37.5. The summed E-state index contributed by atoms with van der Waals surface area (Å²) in [6, 6.07) is 21.5. The van der Waals surface area contributed by atoms with Gasteiger partial charge in [-0.15, -0.1) is 0 Å². The molecule has 0 aliphatic heterocycles. The molecular formula is C83H102ClF3N24O13. The van der Waals surface area contributed by atoms with Gasteiger partial charge in [-0.2, -0.15) is 28.8 Å². The van der Waals surface area contributed by atoms with Gasteiger partial charge >= 0.3 is 12.2 Å². The normalized spacial score (nSPS) is 16.0. The highest BCUT2D eigenvalue weighted by atomic mass is 35.5. The molecule has 660 valence electrons. The Morgan fingerprint density at radius 2 is 0.831 bits per heavy atom. The average molecular weight is 1740 g/mol. The van der Waals surface area contributed by atoms with Crippen LogP contribution in [-0.4, -0.2) is 192 Å². The van der Waals surface area contributed by atoms with Gasteiger partial charge in [0.1, 0.15) is 73.5 Å². The summed E-state index contributed by atoms with van der Waals surface area (Å²) in [6.45, 7) is 10.5. The van der Waals surface area contributed by atoms with E-state index in [0.29, 0.717) is 23.1 Å². The van der Waals surface area contributed by atoms with E-state index < -0.39 is 63.4 Å². The molecule has 0 bridgehead atoms. The van der Waals surface area contributed by atoms with Gasteiger partial charge in [0.15, 0.2) is 51.8 Å². The molecule has 124 heavy (non-hydrogen) atoms. The van der Waals surface area contributed by atoms with Crippen LogP contribution in [0.25, 0.3) is 34.4 Å². The van der Waals surface area contributed by atoms with Crippen LogP contribution < -0.4 is 64.1 Å². The zero-order valence-corrected chi connectivity index (χ0v) is 67.8. The fourth-order valence-electron chi connectivity index (χ4n) is 12.6. The molecule has 8 N–H and O–H groups in total. The maximum absolute atomic E-state index is 14.4. The second-order valence-electron chi connectivity index (χ2n) is 29.5. The minimum atomic E-state index is -0.774. The van der Waals surface area contributed by atoms with Gasteiger partial charge in [-0.3, -0.25) is 52.3 Å². The highest BCUT2D eigenvalue weighted by Crippen LogP contribution is 2.31.